The fourth-order valence-corrected chi connectivity index (χ4v) is 1.87. The average molecular weight is 269 g/mol. The molecular formula is C15H27NO3. The molecular weight excluding hydrogens is 242 g/mol. The molecule has 0 radical (unpaired) electrons. The van der Waals surface area contributed by atoms with E-state index in [1.807, 2.05) is 32.9 Å². The summed E-state index contributed by atoms with van der Waals surface area (Å²) >= 11 is 0. The number of aliphatic hydroxyl groups is 1. The van der Waals surface area contributed by atoms with Gasteiger partial charge in [-0.2, -0.15) is 0 Å². The highest BCUT2D eigenvalue weighted by molar-refractivity contribution is 4.97. The Bertz CT molecular complexity index is 330. The Morgan fingerprint density at radius 1 is 1.42 bits per heavy atom. The van der Waals surface area contributed by atoms with Gasteiger partial charge < -0.3 is 14.3 Å². The van der Waals surface area contributed by atoms with Crippen LogP contribution in [-0.4, -0.2) is 41.4 Å². The molecule has 1 atom stereocenters. The van der Waals surface area contributed by atoms with Gasteiger partial charge in [0.2, 0.25) is 0 Å². The van der Waals surface area contributed by atoms with Crippen molar-refractivity contribution in [2.75, 3.05) is 19.7 Å². The summed E-state index contributed by atoms with van der Waals surface area (Å²) in [6, 6.07) is 3.85. The summed E-state index contributed by atoms with van der Waals surface area (Å²) < 4.78 is 11.0. The molecule has 0 saturated heterocycles. The molecule has 0 aliphatic rings. The van der Waals surface area contributed by atoms with Gasteiger partial charge in [-0.3, -0.25) is 4.90 Å². The first kappa shape index (κ1) is 16.2. The number of aliphatic hydroxyl groups excluding tert-OH is 1. The number of furan rings is 1. The highest BCUT2D eigenvalue weighted by Crippen LogP contribution is 2.10. The number of nitrogens with zero attached hydrogens (tertiary/aromatic N) is 1. The van der Waals surface area contributed by atoms with Crippen LogP contribution in [0.25, 0.3) is 0 Å². The Labute approximate surface area is 116 Å². The maximum atomic E-state index is 10.0. The Kier molecular flexibility index (Phi) is 6.55. The van der Waals surface area contributed by atoms with Gasteiger partial charge >= 0.3 is 0 Å². The third-order valence-corrected chi connectivity index (χ3v) is 2.68. The quantitative estimate of drug-likeness (QED) is 0.788. The summed E-state index contributed by atoms with van der Waals surface area (Å²) in [6.45, 7) is 10.7. The summed E-state index contributed by atoms with van der Waals surface area (Å²) in [5.74, 6) is 0.928. The maximum absolute atomic E-state index is 10.0. The Hall–Kier alpha value is -0.840. The van der Waals surface area contributed by atoms with Gasteiger partial charge in [-0.05, 0) is 45.9 Å². The summed E-state index contributed by atoms with van der Waals surface area (Å²) in [5, 5.41) is 10.0. The van der Waals surface area contributed by atoms with Crippen molar-refractivity contribution in [1.82, 2.24) is 4.90 Å². The summed E-state index contributed by atoms with van der Waals surface area (Å²) in [5.41, 5.74) is -0.211. The van der Waals surface area contributed by atoms with E-state index in [4.69, 9.17) is 9.15 Å². The van der Waals surface area contributed by atoms with E-state index in [1.165, 1.54) is 0 Å². The van der Waals surface area contributed by atoms with E-state index in [1.54, 1.807) is 6.26 Å². The lowest BCUT2D eigenvalue weighted by molar-refractivity contribution is -0.0569. The fourth-order valence-electron chi connectivity index (χ4n) is 1.87. The largest absolute Gasteiger partial charge is 0.468 e. The van der Waals surface area contributed by atoms with Gasteiger partial charge in [-0.25, -0.2) is 0 Å². The SMILES string of the molecule is CCCN(Cc1ccco1)C[C@@H](O)COC(C)(C)C. The predicted octanol–water partition coefficient (Wildman–Crippen LogP) is 2.67. The van der Waals surface area contributed by atoms with Crippen LogP contribution in [0, 0.1) is 0 Å². The molecule has 1 aromatic rings. The molecule has 4 nitrogen and oxygen atoms in total. The van der Waals surface area contributed by atoms with Crippen molar-refractivity contribution < 1.29 is 14.3 Å². The zero-order chi connectivity index (χ0) is 14.3. The van der Waals surface area contributed by atoms with Crippen LogP contribution in [0.2, 0.25) is 0 Å². The van der Waals surface area contributed by atoms with Crippen LogP contribution in [0.5, 0.6) is 0 Å². The molecule has 1 heterocycles. The summed E-state index contributed by atoms with van der Waals surface area (Å²) in [4.78, 5) is 2.19. The Morgan fingerprint density at radius 2 is 2.16 bits per heavy atom. The van der Waals surface area contributed by atoms with Gasteiger partial charge in [-0.15, -0.1) is 0 Å². The van der Waals surface area contributed by atoms with Crippen LogP contribution in [0.1, 0.15) is 39.9 Å². The van der Waals surface area contributed by atoms with Crippen LogP contribution < -0.4 is 0 Å². The number of hydrogen-bond donors (Lipinski definition) is 1. The summed E-state index contributed by atoms with van der Waals surface area (Å²) in [6.07, 6.45) is 2.26. The van der Waals surface area contributed by atoms with E-state index in [0.29, 0.717) is 13.2 Å². The number of rotatable bonds is 8. The van der Waals surface area contributed by atoms with E-state index >= 15 is 0 Å². The topological polar surface area (TPSA) is 45.8 Å². The smallest absolute Gasteiger partial charge is 0.117 e. The zero-order valence-corrected chi connectivity index (χ0v) is 12.6. The molecule has 1 N–H and O–H groups in total. The first-order valence-corrected chi connectivity index (χ1v) is 6.97. The van der Waals surface area contributed by atoms with Crippen molar-refractivity contribution in [2.24, 2.45) is 0 Å². The lowest BCUT2D eigenvalue weighted by Crippen LogP contribution is -2.37. The molecule has 0 saturated carbocycles. The van der Waals surface area contributed by atoms with Crippen LogP contribution in [0.3, 0.4) is 0 Å². The second-order valence-electron chi connectivity index (χ2n) is 5.89. The van der Waals surface area contributed by atoms with Gasteiger partial charge in [0, 0.05) is 6.54 Å². The van der Waals surface area contributed by atoms with Gasteiger partial charge in [0.1, 0.15) is 5.76 Å². The van der Waals surface area contributed by atoms with E-state index in [-0.39, 0.29) is 5.60 Å². The van der Waals surface area contributed by atoms with Crippen molar-refractivity contribution in [3.05, 3.63) is 24.2 Å². The predicted molar refractivity (Wildman–Crippen MR) is 76.0 cm³/mol. The van der Waals surface area contributed by atoms with Gasteiger partial charge in [0.25, 0.3) is 0 Å². The third kappa shape index (κ3) is 7.35. The highest BCUT2D eigenvalue weighted by atomic mass is 16.5. The van der Waals surface area contributed by atoms with Gasteiger partial charge in [-0.1, -0.05) is 6.92 Å². The molecule has 0 fully saturated rings. The molecule has 0 spiro atoms. The van der Waals surface area contributed by atoms with E-state index < -0.39 is 6.10 Å². The standard InChI is InChI=1S/C15H27NO3/c1-5-8-16(11-14-7-6-9-18-14)10-13(17)12-19-15(2,3)4/h6-7,9,13,17H,5,8,10-12H2,1-4H3/t13-/m1/s1. The van der Waals surface area contributed by atoms with Crippen molar-refractivity contribution in [3.63, 3.8) is 0 Å². The molecule has 4 heteroatoms. The fraction of sp³-hybridized carbons (Fsp3) is 0.733. The van der Waals surface area contributed by atoms with Crippen molar-refractivity contribution >= 4 is 0 Å². The molecule has 0 aliphatic carbocycles. The third-order valence-electron chi connectivity index (χ3n) is 2.68. The maximum Gasteiger partial charge on any atom is 0.117 e. The van der Waals surface area contributed by atoms with Crippen LogP contribution in [0.4, 0.5) is 0 Å². The Morgan fingerprint density at radius 3 is 2.68 bits per heavy atom. The van der Waals surface area contributed by atoms with E-state index in [0.717, 1.165) is 25.3 Å². The van der Waals surface area contributed by atoms with Gasteiger partial charge in [0.15, 0.2) is 0 Å². The van der Waals surface area contributed by atoms with E-state index in [2.05, 4.69) is 11.8 Å². The van der Waals surface area contributed by atoms with Gasteiger partial charge in [0.05, 0.1) is 31.1 Å². The molecule has 0 bridgehead atoms. The number of ether oxygens (including phenoxy) is 1. The normalized spacial score (nSPS) is 14.0. The van der Waals surface area contributed by atoms with Crippen molar-refractivity contribution in [1.29, 1.82) is 0 Å². The van der Waals surface area contributed by atoms with Crippen molar-refractivity contribution in [3.8, 4) is 0 Å². The van der Waals surface area contributed by atoms with Crippen molar-refractivity contribution in [2.45, 2.75) is 52.4 Å². The molecule has 0 amide bonds. The molecule has 1 aromatic heterocycles. The van der Waals surface area contributed by atoms with E-state index in [9.17, 15) is 5.11 Å². The second kappa shape index (κ2) is 7.68. The molecule has 1 rings (SSSR count). The monoisotopic (exact) mass is 269 g/mol. The molecule has 110 valence electrons. The minimum Gasteiger partial charge on any atom is -0.468 e. The summed E-state index contributed by atoms with van der Waals surface area (Å²) in [7, 11) is 0. The zero-order valence-electron chi connectivity index (χ0n) is 12.6. The minimum absolute atomic E-state index is 0.211. The van der Waals surface area contributed by atoms with Crippen LogP contribution in [-0.2, 0) is 11.3 Å². The minimum atomic E-state index is -0.472. The molecule has 0 aromatic carbocycles. The molecule has 0 unspecified atom stereocenters. The van der Waals surface area contributed by atoms with Crippen LogP contribution in [0.15, 0.2) is 22.8 Å². The first-order chi connectivity index (χ1) is 8.90. The highest BCUT2D eigenvalue weighted by Gasteiger charge is 2.16. The molecule has 0 aliphatic heterocycles. The second-order valence-corrected chi connectivity index (χ2v) is 5.89. The average Bonchev–Trinajstić information content (AvgIpc) is 2.78. The lowest BCUT2D eigenvalue weighted by Gasteiger charge is -2.26. The number of hydrogen-bond acceptors (Lipinski definition) is 4. The first-order valence-electron chi connectivity index (χ1n) is 6.97. The Balaban J connectivity index is 2.39. The lowest BCUT2D eigenvalue weighted by atomic mass is 10.2. The van der Waals surface area contributed by atoms with Crippen LogP contribution >= 0.6 is 0 Å². The molecule has 19 heavy (non-hydrogen) atoms.